The minimum absolute atomic E-state index is 0.668. The molecular formula is C11H15N3. The Labute approximate surface area is 83.9 Å². The van der Waals surface area contributed by atoms with Gasteiger partial charge in [0.1, 0.15) is 5.82 Å². The quantitative estimate of drug-likeness (QED) is 0.732. The molecule has 1 saturated carbocycles. The maximum atomic E-state index is 4.27. The predicted molar refractivity (Wildman–Crippen MR) is 55.3 cm³/mol. The highest BCUT2D eigenvalue weighted by Gasteiger charge is 2.44. The minimum atomic E-state index is 0.668. The molecule has 0 saturated heterocycles. The second kappa shape index (κ2) is 2.69. The van der Waals surface area contributed by atoms with Crippen molar-refractivity contribution in [2.45, 2.75) is 32.1 Å². The smallest absolute Gasteiger partial charge is 0.148 e. The lowest BCUT2D eigenvalue weighted by atomic mass is 9.84. The molecule has 1 aromatic rings. The predicted octanol–water partition coefficient (Wildman–Crippen LogP) is 1.79. The van der Waals surface area contributed by atoms with Gasteiger partial charge in [-0.1, -0.05) is 0 Å². The van der Waals surface area contributed by atoms with Crippen LogP contribution in [0.1, 0.15) is 30.5 Å². The molecule has 1 N–H and O–H groups in total. The Morgan fingerprint density at radius 1 is 1.29 bits per heavy atom. The average molecular weight is 189 g/mol. The number of anilines is 1. The summed E-state index contributed by atoms with van der Waals surface area (Å²) in [6.45, 7) is 0. The molecule has 0 aliphatic heterocycles. The molecule has 1 heterocycles. The number of aromatic nitrogens is 2. The lowest BCUT2D eigenvalue weighted by molar-refractivity contribution is 0.430. The summed E-state index contributed by atoms with van der Waals surface area (Å²) < 4.78 is 0. The van der Waals surface area contributed by atoms with Crippen molar-refractivity contribution in [2.75, 3.05) is 12.4 Å². The zero-order valence-electron chi connectivity index (χ0n) is 8.51. The molecule has 1 spiro atoms. The van der Waals surface area contributed by atoms with Gasteiger partial charge in [0.2, 0.25) is 0 Å². The SMILES string of the molecule is CNc1cc2c(nn1)CCC1(CC1)C2. The molecule has 2 aliphatic rings. The number of aryl methyl sites for hydroxylation is 1. The maximum Gasteiger partial charge on any atom is 0.148 e. The van der Waals surface area contributed by atoms with E-state index in [2.05, 4.69) is 21.6 Å². The van der Waals surface area contributed by atoms with Crippen LogP contribution in [-0.4, -0.2) is 17.2 Å². The zero-order valence-corrected chi connectivity index (χ0v) is 8.51. The summed E-state index contributed by atoms with van der Waals surface area (Å²) in [6, 6.07) is 2.17. The third-order valence-corrected chi connectivity index (χ3v) is 3.63. The van der Waals surface area contributed by atoms with Crippen molar-refractivity contribution in [1.82, 2.24) is 10.2 Å². The van der Waals surface area contributed by atoms with Crippen LogP contribution in [-0.2, 0) is 12.8 Å². The van der Waals surface area contributed by atoms with Gasteiger partial charge < -0.3 is 5.32 Å². The molecule has 0 atom stereocenters. The van der Waals surface area contributed by atoms with Crippen LogP contribution in [0.15, 0.2) is 6.07 Å². The molecule has 3 rings (SSSR count). The first-order valence-corrected chi connectivity index (χ1v) is 5.35. The van der Waals surface area contributed by atoms with E-state index in [1.807, 2.05) is 7.05 Å². The lowest BCUT2D eigenvalue weighted by Crippen LogP contribution is -2.17. The van der Waals surface area contributed by atoms with Crippen molar-refractivity contribution in [3.8, 4) is 0 Å². The van der Waals surface area contributed by atoms with Crippen molar-refractivity contribution in [2.24, 2.45) is 5.41 Å². The van der Waals surface area contributed by atoms with Gasteiger partial charge >= 0.3 is 0 Å². The normalized spacial score (nSPS) is 21.8. The van der Waals surface area contributed by atoms with Gasteiger partial charge in [-0.3, -0.25) is 0 Å². The Morgan fingerprint density at radius 2 is 2.14 bits per heavy atom. The van der Waals surface area contributed by atoms with Crippen LogP contribution < -0.4 is 5.32 Å². The van der Waals surface area contributed by atoms with Gasteiger partial charge in [-0.15, -0.1) is 5.10 Å². The first kappa shape index (κ1) is 8.21. The summed E-state index contributed by atoms with van der Waals surface area (Å²) in [5.41, 5.74) is 3.32. The van der Waals surface area contributed by atoms with Crippen LogP contribution in [0, 0.1) is 5.41 Å². The van der Waals surface area contributed by atoms with Crippen molar-refractivity contribution < 1.29 is 0 Å². The highest BCUT2D eigenvalue weighted by Crippen LogP contribution is 2.54. The van der Waals surface area contributed by atoms with Crippen LogP contribution in [0.4, 0.5) is 5.82 Å². The first-order valence-electron chi connectivity index (χ1n) is 5.35. The second-order valence-corrected chi connectivity index (χ2v) is 4.63. The van der Waals surface area contributed by atoms with Crippen molar-refractivity contribution in [1.29, 1.82) is 0 Å². The number of rotatable bonds is 1. The number of hydrogen-bond acceptors (Lipinski definition) is 3. The summed E-state index contributed by atoms with van der Waals surface area (Å²) in [6.07, 6.45) is 6.53. The molecule has 0 amide bonds. The molecule has 2 aliphatic carbocycles. The molecule has 14 heavy (non-hydrogen) atoms. The van der Waals surface area contributed by atoms with E-state index in [0.29, 0.717) is 5.41 Å². The van der Waals surface area contributed by atoms with E-state index in [-0.39, 0.29) is 0 Å². The molecule has 1 fully saturated rings. The zero-order chi connectivity index (χ0) is 9.60. The Kier molecular flexibility index (Phi) is 1.58. The van der Waals surface area contributed by atoms with E-state index >= 15 is 0 Å². The molecule has 0 unspecified atom stereocenters. The second-order valence-electron chi connectivity index (χ2n) is 4.63. The Hall–Kier alpha value is -1.12. The molecule has 0 bridgehead atoms. The van der Waals surface area contributed by atoms with Gasteiger partial charge in [0.25, 0.3) is 0 Å². The van der Waals surface area contributed by atoms with Crippen LogP contribution in [0.25, 0.3) is 0 Å². The van der Waals surface area contributed by atoms with E-state index in [1.165, 1.54) is 36.9 Å². The third kappa shape index (κ3) is 1.19. The monoisotopic (exact) mass is 189 g/mol. The molecule has 0 radical (unpaired) electrons. The van der Waals surface area contributed by atoms with E-state index in [1.54, 1.807) is 0 Å². The largest absolute Gasteiger partial charge is 0.372 e. The Morgan fingerprint density at radius 3 is 2.86 bits per heavy atom. The molecule has 0 aromatic carbocycles. The topological polar surface area (TPSA) is 37.8 Å². The van der Waals surface area contributed by atoms with E-state index in [9.17, 15) is 0 Å². The van der Waals surface area contributed by atoms with Gasteiger partial charge in [0, 0.05) is 7.05 Å². The van der Waals surface area contributed by atoms with Crippen LogP contribution in [0.5, 0.6) is 0 Å². The highest BCUT2D eigenvalue weighted by molar-refractivity contribution is 5.39. The van der Waals surface area contributed by atoms with Gasteiger partial charge in [-0.2, -0.15) is 5.10 Å². The fourth-order valence-electron chi connectivity index (χ4n) is 2.42. The molecule has 74 valence electrons. The number of hydrogen-bond donors (Lipinski definition) is 1. The lowest BCUT2D eigenvalue weighted by Gasteiger charge is -2.22. The Balaban J connectivity index is 1.97. The molecular weight excluding hydrogens is 174 g/mol. The number of nitrogens with zero attached hydrogens (tertiary/aromatic N) is 2. The van der Waals surface area contributed by atoms with Gasteiger partial charge in [0.05, 0.1) is 5.69 Å². The van der Waals surface area contributed by atoms with Gasteiger partial charge in [-0.05, 0) is 49.1 Å². The van der Waals surface area contributed by atoms with Gasteiger partial charge in [-0.25, -0.2) is 0 Å². The maximum absolute atomic E-state index is 4.27. The average Bonchev–Trinajstić information content (AvgIpc) is 2.97. The summed E-state index contributed by atoms with van der Waals surface area (Å²) >= 11 is 0. The molecule has 3 nitrogen and oxygen atoms in total. The van der Waals surface area contributed by atoms with Crippen LogP contribution in [0.3, 0.4) is 0 Å². The van der Waals surface area contributed by atoms with Crippen molar-refractivity contribution >= 4 is 5.82 Å². The number of nitrogens with one attached hydrogen (secondary N) is 1. The molecule has 1 aromatic heterocycles. The standard InChI is InChI=1S/C11H15N3/c1-12-10-6-8-7-11(4-5-11)3-2-9(8)13-14-10/h6H,2-5,7H2,1H3,(H,12,14). The van der Waals surface area contributed by atoms with Crippen molar-refractivity contribution in [3.63, 3.8) is 0 Å². The summed E-state index contributed by atoms with van der Waals surface area (Å²) in [5.74, 6) is 0.904. The van der Waals surface area contributed by atoms with E-state index in [0.717, 1.165) is 12.2 Å². The fourth-order valence-corrected chi connectivity index (χ4v) is 2.42. The van der Waals surface area contributed by atoms with E-state index in [4.69, 9.17) is 0 Å². The Bertz CT molecular complexity index is 369. The van der Waals surface area contributed by atoms with Crippen molar-refractivity contribution in [3.05, 3.63) is 17.3 Å². The summed E-state index contributed by atoms with van der Waals surface area (Å²) in [7, 11) is 1.89. The fraction of sp³-hybridized carbons (Fsp3) is 0.636. The minimum Gasteiger partial charge on any atom is -0.372 e. The number of fused-ring (bicyclic) bond motifs is 1. The summed E-state index contributed by atoms with van der Waals surface area (Å²) in [5, 5.41) is 11.4. The van der Waals surface area contributed by atoms with Gasteiger partial charge in [0.15, 0.2) is 0 Å². The van der Waals surface area contributed by atoms with E-state index < -0.39 is 0 Å². The molecule has 3 heteroatoms. The third-order valence-electron chi connectivity index (χ3n) is 3.63. The van der Waals surface area contributed by atoms with Crippen LogP contribution in [0.2, 0.25) is 0 Å². The highest BCUT2D eigenvalue weighted by atomic mass is 15.2. The van der Waals surface area contributed by atoms with Crippen LogP contribution >= 0.6 is 0 Å². The summed E-state index contributed by atoms with van der Waals surface area (Å²) in [4.78, 5) is 0. The first-order chi connectivity index (χ1) is 6.81.